The molecule has 2 aromatic rings. The van der Waals surface area contributed by atoms with Gasteiger partial charge in [0.1, 0.15) is 5.56 Å². The fourth-order valence-corrected chi connectivity index (χ4v) is 1.53. The van der Waals surface area contributed by atoms with Gasteiger partial charge in [0, 0.05) is 13.2 Å². The lowest BCUT2D eigenvalue weighted by molar-refractivity contribution is 0.0695. The fourth-order valence-electron chi connectivity index (χ4n) is 1.53. The van der Waals surface area contributed by atoms with Crippen LogP contribution >= 0.6 is 0 Å². The Morgan fingerprint density at radius 2 is 2.31 bits per heavy atom. The third kappa shape index (κ3) is 1.81. The van der Waals surface area contributed by atoms with Crippen LogP contribution in [0.15, 0.2) is 18.5 Å². The van der Waals surface area contributed by atoms with Crippen molar-refractivity contribution in [3.8, 4) is 0 Å². The Morgan fingerprint density at radius 3 is 2.88 bits per heavy atom. The quantitative estimate of drug-likeness (QED) is 0.825. The van der Waals surface area contributed by atoms with Crippen molar-refractivity contribution in [1.29, 1.82) is 0 Å². The second kappa shape index (κ2) is 3.80. The fraction of sp³-hybridized carbons (Fsp3) is 0.300. The van der Waals surface area contributed by atoms with Gasteiger partial charge < -0.3 is 5.11 Å². The molecule has 16 heavy (non-hydrogen) atoms. The molecule has 2 rings (SSSR count). The predicted octanol–water partition coefficient (Wildman–Crippen LogP) is 0.672. The van der Waals surface area contributed by atoms with Crippen molar-refractivity contribution in [2.75, 3.05) is 0 Å². The van der Waals surface area contributed by atoms with E-state index in [2.05, 4.69) is 10.2 Å². The van der Waals surface area contributed by atoms with Gasteiger partial charge in [0.25, 0.3) is 0 Å². The molecule has 0 spiro atoms. The molecule has 0 saturated heterocycles. The van der Waals surface area contributed by atoms with Crippen molar-refractivity contribution in [3.05, 3.63) is 35.4 Å². The number of carbonyl (C=O) groups is 1. The summed E-state index contributed by atoms with van der Waals surface area (Å²) in [7, 11) is 1.72. The van der Waals surface area contributed by atoms with Gasteiger partial charge >= 0.3 is 5.97 Å². The maximum atomic E-state index is 10.9. The van der Waals surface area contributed by atoms with Gasteiger partial charge in [-0.05, 0) is 13.0 Å². The first-order chi connectivity index (χ1) is 7.58. The highest BCUT2D eigenvalue weighted by Gasteiger charge is 2.15. The normalized spacial score (nSPS) is 10.6. The van der Waals surface area contributed by atoms with E-state index in [1.807, 2.05) is 19.2 Å². The Hall–Kier alpha value is -2.11. The number of aryl methyl sites for hydroxylation is 2. The molecule has 0 aliphatic carbocycles. The van der Waals surface area contributed by atoms with E-state index in [4.69, 9.17) is 5.11 Å². The average Bonchev–Trinajstić information content (AvgIpc) is 2.76. The Morgan fingerprint density at radius 1 is 1.56 bits per heavy atom. The number of carboxylic acids is 1. The Labute approximate surface area is 92.1 Å². The van der Waals surface area contributed by atoms with Crippen LogP contribution in [0.1, 0.15) is 21.7 Å². The summed E-state index contributed by atoms with van der Waals surface area (Å²) < 4.78 is 3.25. The van der Waals surface area contributed by atoms with E-state index in [9.17, 15) is 4.79 Å². The first kappa shape index (κ1) is 10.4. The van der Waals surface area contributed by atoms with Crippen molar-refractivity contribution in [2.24, 2.45) is 7.05 Å². The van der Waals surface area contributed by atoms with Gasteiger partial charge in [-0.15, -0.1) is 0 Å². The van der Waals surface area contributed by atoms with Gasteiger partial charge in [-0.25, -0.2) is 4.79 Å². The van der Waals surface area contributed by atoms with Gasteiger partial charge in [0.05, 0.1) is 24.1 Å². The maximum Gasteiger partial charge on any atom is 0.339 e. The number of rotatable bonds is 3. The number of aromatic nitrogens is 4. The minimum absolute atomic E-state index is 0.218. The van der Waals surface area contributed by atoms with Crippen molar-refractivity contribution in [1.82, 2.24) is 19.6 Å². The van der Waals surface area contributed by atoms with Crippen molar-refractivity contribution < 1.29 is 9.90 Å². The smallest absolute Gasteiger partial charge is 0.339 e. The number of hydrogen-bond donors (Lipinski definition) is 1. The van der Waals surface area contributed by atoms with Crippen LogP contribution in [0.2, 0.25) is 0 Å². The Bertz CT molecular complexity index is 527. The molecule has 0 atom stereocenters. The van der Waals surface area contributed by atoms with Crippen molar-refractivity contribution in [2.45, 2.75) is 13.5 Å². The molecule has 0 fully saturated rings. The van der Waals surface area contributed by atoms with E-state index in [0.29, 0.717) is 12.2 Å². The van der Waals surface area contributed by atoms with E-state index >= 15 is 0 Å². The Kier molecular flexibility index (Phi) is 2.47. The zero-order valence-corrected chi connectivity index (χ0v) is 9.08. The van der Waals surface area contributed by atoms with Gasteiger partial charge in [-0.2, -0.15) is 10.2 Å². The third-order valence-corrected chi connectivity index (χ3v) is 2.38. The van der Waals surface area contributed by atoms with Crippen LogP contribution in [-0.2, 0) is 13.6 Å². The van der Waals surface area contributed by atoms with E-state index < -0.39 is 5.97 Å². The standard InChI is InChI=1S/C10H12N4O2/c1-7-3-4-14(12-7)6-9-8(10(15)16)5-11-13(9)2/h3-5H,6H2,1-2H3,(H,15,16). The lowest BCUT2D eigenvalue weighted by Crippen LogP contribution is -2.10. The molecule has 0 aromatic carbocycles. The van der Waals surface area contributed by atoms with E-state index in [1.165, 1.54) is 6.20 Å². The molecular weight excluding hydrogens is 208 g/mol. The lowest BCUT2D eigenvalue weighted by Gasteiger charge is -2.04. The number of aromatic carboxylic acids is 1. The molecule has 84 valence electrons. The molecule has 2 aromatic heterocycles. The molecular formula is C10H12N4O2. The second-order valence-electron chi connectivity index (χ2n) is 3.59. The zero-order chi connectivity index (χ0) is 11.7. The predicted molar refractivity (Wildman–Crippen MR) is 56.2 cm³/mol. The molecule has 6 heteroatoms. The van der Waals surface area contributed by atoms with Gasteiger partial charge in [-0.3, -0.25) is 9.36 Å². The van der Waals surface area contributed by atoms with E-state index in [1.54, 1.807) is 16.4 Å². The van der Waals surface area contributed by atoms with Crippen molar-refractivity contribution in [3.63, 3.8) is 0 Å². The molecule has 1 N–H and O–H groups in total. The molecule has 0 amide bonds. The van der Waals surface area contributed by atoms with Gasteiger partial charge in [0.15, 0.2) is 0 Å². The summed E-state index contributed by atoms with van der Waals surface area (Å²) in [5.41, 5.74) is 1.75. The number of hydrogen-bond acceptors (Lipinski definition) is 3. The van der Waals surface area contributed by atoms with Crippen LogP contribution in [0.25, 0.3) is 0 Å². The molecule has 0 aliphatic rings. The van der Waals surface area contributed by atoms with Gasteiger partial charge in [0.2, 0.25) is 0 Å². The van der Waals surface area contributed by atoms with Crippen LogP contribution in [-0.4, -0.2) is 30.6 Å². The molecule has 0 unspecified atom stereocenters. The van der Waals surface area contributed by atoms with E-state index in [-0.39, 0.29) is 5.56 Å². The molecule has 0 aliphatic heterocycles. The highest BCUT2D eigenvalue weighted by atomic mass is 16.4. The summed E-state index contributed by atoms with van der Waals surface area (Å²) in [4.78, 5) is 10.9. The zero-order valence-electron chi connectivity index (χ0n) is 9.08. The van der Waals surface area contributed by atoms with Crippen molar-refractivity contribution >= 4 is 5.97 Å². The van der Waals surface area contributed by atoms with Crippen LogP contribution in [0, 0.1) is 6.92 Å². The number of nitrogens with zero attached hydrogens (tertiary/aromatic N) is 4. The monoisotopic (exact) mass is 220 g/mol. The Balaban J connectivity index is 2.33. The van der Waals surface area contributed by atoms with Gasteiger partial charge in [-0.1, -0.05) is 0 Å². The van der Waals surface area contributed by atoms with Crippen LogP contribution in [0.4, 0.5) is 0 Å². The molecule has 2 heterocycles. The highest BCUT2D eigenvalue weighted by molar-refractivity contribution is 5.88. The summed E-state index contributed by atoms with van der Waals surface area (Å²) in [6, 6.07) is 1.87. The maximum absolute atomic E-state index is 10.9. The van der Waals surface area contributed by atoms with Crippen LogP contribution in [0.5, 0.6) is 0 Å². The lowest BCUT2D eigenvalue weighted by atomic mass is 10.2. The highest BCUT2D eigenvalue weighted by Crippen LogP contribution is 2.09. The van der Waals surface area contributed by atoms with Crippen LogP contribution < -0.4 is 0 Å². The molecule has 0 saturated carbocycles. The summed E-state index contributed by atoms with van der Waals surface area (Å²) in [6.07, 6.45) is 3.17. The first-order valence-corrected chi connectivity index (χ1v) is 4.82. The third-order valence-electron chi connectivity index (χ3n) is 2.38. The van der Waals surface area contributed by atoms with E-state index in [0.717, 1.165) is 5.69 Å². The first-order valence-electron chi connectivity index (χ1n) is 4.82. The SMILES string of the molecule is Cc1ccn(Cc2c(C(=O)O)cnn2C)n1. The summed E-state index contributed by atoms with van der Waals surface area (Å²) in [6.45, 7) is 2.30. The minimum atomic E-state index is -0.966. The molecule has 0 radical (unpaired) electrons. The molecule has 0 bridgehead atoms. The average molecular weight is 220 g/mol. The minimum Gasteiger partial charge on any atom is -0.478 e. The summed E-state index contributed by atoms with van der Waals surface area (Å²) in [5, 5.41) is 17.1. The topological polar surface area (TPSA) is 72.9 Å². The second-order valence-corrected chi connectivity index (χ2v) is 3.59. The largest absolute Gasteiger partial charge is 0.478 e. The van der Waals surface area contributed by atoms with Crippen LogP contribution in [0.3, 0.4) is 0 Å². The summed E-state index contributed by atoms with van der Waals surface area (Å²) >= 11 is 0. The number of carboxylic acid groups (broad SMARTS) is 1. The summed E-state index contributed by atoms with van der Waals surface area (Å²) in [5.74, 6) is -0.966. The molecule has 6 nitrogen and oxygen atoms in total.